The first-order chi connectivity index (χ1) is 7.52. The summed E-state index contributed by atoms with van der Waals surface area (Å²) in [5.41, 5.74) is 0.390. The van der Waals surface area contributed by atoms with Crippen molar-refractivity contribution in [1.29, 1.82) is 0 Å². The molecule has 1 unspecified atom stereocenters. The third-order valence-electron chi connectivity index (χ3n) is 2.86. The van der Waals surface area contributed by atoms with E-state index in [1.165, 1.54) is 6.07 Å². The van der Waals surface area contributed by atoms with Crippen LogP contribution in [0.4, 0.5) is 18.9 Å². The van der Waals surface area contributed by atoms with E-state index in [1.54, 1.807) is 6.07 Å². The maximum absolute atomic E-state index is 12.7. The van der Waals surface area contributed by atoms with Crippen molar-refractivity contribution in [1.82, 2.24) is 5.32 Å². The van der Waals surface area contributed by atoms with Crippen molar-refractivity contribution in [2.45, 2.75) is 18.6 Å². The highest BCUT2D eigenvalue weighted by Crippen LogP contribution is 2.38. The number of alkyl halides is 3. The van der Waals surface area contributed by atoms with Gasteiger partial charge in [0, 0.05) is 18.3 Å². The number of hydrogen-bond acceptors (Lipinski definition) is 2. The molecule has 88 valence electrons. The molecule has 1 aromatic rings. The Labute approximate surface area is 91.8 Å². The van der Waals surface area contributed by atoms with Crippen LogP contribution in [-0.2, 0) is 12.6 Å². The van der Waals surface area contributed by atoms with Crippen LogP contribution in [0.25, 0.3) is 0 Å². The number of anilines is 1. The van der Waals surface area contributed by atoms with E-state index in [4.69, 9.17) is 0 Å². The predicted molar refractivity (Wildman–Crippen MR) is 56.5 cm³/mol. The molecule has 0 bridgehead atoms. The summed E-state index contributed by atoms with van der Waals surface area (Å²) in [5, 5.41) is 5.92. The first-order valence-electron chi connectivity index (χ1n) is 5.12. The average molecular weight is 230 g/mol. The molecule has 0 aliphatic carbocycles. The van der Waals surface area contributed by atoms with Crippen LogP contribution in [0.5, 0.6) is 0 Å². The Hall–Kier alpha value is -1.23. The Morgan fingerprint density at radius 3 is 2.75 bits per heavy atom. The molecule has 2 nitrogen and oxygen atoms in total. The zero-order chi connectivity index (χ0) is 11.8. The van der Waals surface area contributed by atoms with Crippen LogP contribution in [0.2, 0.25) is 0 Å². The molecule has 0 saturated heterocycles. The molecular weight excluding hydrogens is 217 g/mol. The van der Waals surface area contributed by atoms with Gasteiger partial charge in [0.05, 0.1) is 5.56 Å². The zero-order valence-electron chi connectivity index (χ0n) is 8.86. The van der Waals surface area contributed by atoms with E-state index in [1.807, 2.05) is 7.05 Å². The molecule has 0 amide bonds. The summed E-state index contributed by atoms with van der Waals surface area (Å²) >= 11 is 0. The molecule has 1 aliphatic rings. The van der Waals surface area contributed by atoms with Gasteiger partial charge in [0.1, 0.15) is 0 Å². The zero-order valence-corrected chi connectivity index (χ0v) is 8.86. The Morgan fingerprint density at radius 2 is 2.12 bits per heavy atom. The number of rotatable bonds is 1. The summed E-state index contributed by atoms with van der Waals surface area (Å²) in [7, 11) is 1.81. The van der Waals surface area contributed by atoms with Crippen molar-refractivity contribution >= 4 is 5.69 Å². The molecule has 5 heteroatoms. The smallest absolute Gasteiger partial charge is 0.383 e. The summed E-state index contributed by atoms with van der Waals surface area (Å²) in [4.78, 5) is 0. The Bertz CT molecular complexity index is 387. The largest absolute Gasteiger partial charge is 0.418 e. The summed E-state index contributed by atoms with van der Waals surface area (Å²) < 4.78 is 38.1. The molecule has 0 spiro atoms. The van der Waals surface area contributed by atoms with Gasteiger partial charge in [-0.15, -0.1) is 0 Å². The van der Waals surface area contributed by atoms with Crippen molar-refractivity contribution in [2.75, 3.05) is 18.9 Å². The van der Waals surface area contributed by atoms with Crippen LogP contribution in [0.15, 0.2) is 18.2 Å². The Balaban J connectivity index is 2.39. The van der Waals surface area contributed by atoms with Gasteiger partial charge < -0.3 is 10.6 Å². The Morgan fingerprint density at radius 1 is 1.38 bits per heavy atom. The van der Waals surface area contributed by atoms with Gasteiger partial charge in [-0.05, 0) is 25.1 Å². The van der Waals surface area contributed by atoms with Crippen LogP contribution in [0, 0.1) is 0 Å². The molecular formula is C11H13F3N2. The summed E-state index contributed by atoms with van der Waals surface area (Å²) in [6.07, 6.45) is -3.66. The standard InChI is InChI=1S/C11H13F3N2/c1-15-8-5-7-3-2-4-9(11(12,13)14)10(7)16-6-8/h2-4,8,15-16H,5-6H2,1H3. The van der Waals surface area contributed by atoms with E-state index in [0.29, 0.717) is 13.0 Å². The van der Waals surface area contributed by atoms with Crippen molar-refractivity contribution in [3.05, 3.63) is 29.3 Å². The lowest BCUT2D eigenvalue weighted by atomic mass is 9.96. The second-order valence-corrected chi connectivity index (χ2v) is 3.91. The van der Waals surface area contributed by atoms with Gasteiger partial charge in [-0.3, -0.25) is 0 Å². The van der Waals surface area contributed by atoms with Gasteiger partial charge in [0.25, 0.3) is 0 Å². The third-order valence-corrected chi connectivity index (χ3v) is 2.86. The minimum atomic E-state index is -4.29. The molecule has 1 aliphatic heterocycles. The van der Waals surface area contributed by atoms with Crippen LogP contribution in [0.1, 0.15) is 11.1 Å². The van der Waals surface area contributed by atoms with Gasteiger partial charge in [0.2, 0.25) is 0 Å². The third kappa shape index (κ3) is 2.00. The van der Waals surface area contributed by atoms with Gasteiger partial charge in [-0.2, -0.15) is 13.2 Å². The number of fused-ring (bicyclic) bond motifs is 1. The van der Waals surface area contributed by atoms with Gasteiger partial charge in [0.15, 0.2) is 0 Å². The lowest BCUT2D eigenvalue weighted by molar-refractivity contribution is -0.137. The lowest BCUT2D eigenvalue weighted by Crippen LogP contribution is -2.38. The fourth-order valence-electron chi connectivity index (χ4n) is 1.98. The van der Waals surface area contributed by atoms with Gasteiger partial charge in [-0.25, -0.2) is 0 Å². The summed E-state index contributed by atoms with van der Waals surface area (Å²) in [6, 6.07) is 4.50. The molecule has 16 heavy (non-hydrogen) atoms. The molecule has 1 atom stereocenters. The summed E-state index contributed by atoms with van der Waals surface area (Å²) in [5.74, 6) is 0. The van der Waals surface area contributed by atoms with Crippen molar-refractivity contribution in [3.8, 4) is 0 Å². The first kappa shape index (κ1) is 11.3. The quantitative estimate of drug-likeness (QED) is 0.773. The fourth-order valence-corrected chi connectivity index (χ4v) is 1.98. The number of benzene rings is 1. The van der Waals surface area contributed by atoms with Crippen LogP contribution in [0.3, 0.4) is 0 Å². The van der Waals surface area contributed by atoms with E-state index < -0.39 is 11.7 Å². The van der Waals surface area contributed by atoms with E-state index in [2.05, 4.69) is 10.6 Å². The number of para-hydroxylation sites is 1. The van der Waals surface area contributed by atoms with Crippen LogP contribution in [-0.4, -0.2) is 19.6 Å². The van der Waals surface area contributed by atoms with E-state index in [9.17, 15) is 13.2 Å². The normalized spacial score (nSPS) is 20.1. The SMILES string of the molecule is CNC1CNc2c(cccc2C(F)(F)F)C1. The molecule has 2 N–H and O–H groups in total. The highest BCUT2D eigenvalue weighted by Gasteiger charge is 2.35. The first-order valence-corrected chi connectivity index (χ1v) is 5.12. The number of nitrogens with one attached hydrogen (secondary N) is 2. The molecule has 0 radical (unpaired) electrons. The van der Waals surface area contributed by atoms with E-state index in [-0.39, 0.29) is 11.7 Å². The number of halogens is 3. The summed E-state index contributed by atoms with van der Waals surface area (Å²) in [6.45, 7) is 0.524. The highest BCUT2D eigenvalue weighted by molar-refractivity contribution is 5.60. The van der Waals surface area contributed by atoms with Crippen LogP contribution < -0.4 is 10.6 Å². The lowest BCUT2D eigenvalue weighted by Gasteiger charge is -2.28. The minimum Gasteiger partial charge on any atom is -0.383 e. The molecule has 1 heterocycles. The second kappa shape index (κ2) is 3.97. The number of likely N-dealkylation sites (N-methyl/N-ethyl adjacent to an activating group) is 1. The van der Waals surface area contributed by atoms with Gasteiger partial charge in [-0.1, -0.05) is 12.1 Å². The molecule has 0 fully saturated rings. The topological polar surface area (TPSA) is 24.1 Å². The van der Waals surface area contributed by atoms with E-state index >= 15 is 0 Å². The monoisotopic (exact) mass is 230 g/mol. The van der Waals surface area contributed by atoms with Gasteiger partial charge >= 0.3 is 6.18 Å². The molecule has 0 saturated carbocycles. The maximum Gasteiger partial charge on any atom is 0.418 e. The number of hydrogen-bond donors (Lipinski definition) is 2. The maximum atomic E-state index is 12.7. The molecule has 1 aromatic carbocycles. The molecule has 2 rings (SSSR count). The second-order valence-electron chi connectivity index (χ2n) is 3.91. The fraction of sp³-hybridized carbons (Fsp3) is 0.455. The average Bonchev–Trinajstić information content (AvgIpc) is 2.26. The highest BCUT2D eigenvalue weighted by atomic mass is 19.4. The van der Waals surface area contributed by atoms with Crippen molar-refractivity contribution in [2.24, 2.45) is 0 Å². The molecule has 0 aromatic heterocycles. The van der Waals surface area contributed by atoms with Crippen LogP contribution >= 0.6 is 0 Å². The van der Waals surface area contributed by atoms with E-state index in [0.717, 1.165) is 11.6 Å². The predicted octanol–water partition coefficient (Wildman–Crippen LogP) is 2.26. The van der Waals surface area contributed by atoms with Crippen molar-refractivity contribution < 1.29 is 13.2 Å². The Kier molecular flexibility index (Phi) is 2.80. The minimum absolute atomic E-state index is 0.191. The van der Waals surface area contributed by atoms with Crippen molar-refractivity contribution in [3.63, 3.8) is 0 Å².